The van der Waals surface area contributed by atoms with Crippen LogP contribution in [0.2, 0.25) is 0 Å². The molecule has 0 saturated carbocycles. The van der Waals surface area contributed by atoms with Gasteiger partial charge in [0.05, 0.1) is 5.69 Å². The van der Waals surface area contributed by atoms with Crippen LogP contribution in [-0.4, -0.2) is 27.6 Å². The summed E-state index contributed by atoms with van der Waals surface area (Å²) >= 11 is 1.35. The van der Waals surface area contributed by atoms with E-state index in [1.54, 1.807) is 6.07 Å². The highest BCUT2D eigenvalue weighted by Crippen LogP contribution is 2.35. The summed E-state index contributed by atoms with van der Waals surface area (Å²) in [5.74, 6) is -0.280. The van der Waals surface area contributed by atoms with Crippen molar-refractivity contribution >= 4 is 34.0 Å². The molecule has 1 aliphatic heterocycles. The smallest absolute Gasteiger partial charge is 0.280 e. The number of rotatable bonds is 7. The lowest BCUT2D eigenvalue weighted by atomic mass is 10.0. The van der Waals surface area contributed by atoms with Crippen LogP contribution in [0.4, 0.5) is 10.8 Å². The Morgan fingerprint density at radius 3 is 2.86 bits per heavy atom. The van der Waals surface area contributed by atoms with Crippen molar-refractivity contribution in [1.29, 1.82) is 0 Å². The molecule has 2 heterocycles. The van der Waals surface area contributed by atoms with Crippen LogP contribution in [0.5, 0.6) is 5.75 Å². The van der Waals surface area contributed by atoms with Gasteiger partial charge in [-0.1, -0.05) is 44.1 Å². The molecule has 2 atom stereocenters. The van der Waals surface area contributed by atoms with Crippen molar-refractivity contribution in [3.8, 4) is 5.75 Å². The molecule has 1 aliphatic rings. The summed E-state index contributed by atoms with van der Waals surface area (Å²) < 4.78 is 5.78. The number of carbonyl (C=O) groups excluding carboxylic acids is 2. The molecule has 8 heteroatoms. The third kappa shape index (κ3) is 4.01. The van der Waals surface area contributed by atoms with Gasteiger partial charge in [-0.3, -0.25) is 14.9 Å². The number of aromatic nitrogens is 2. The van der Waals surface area contributed by atoms with E-state index in [0.717, 1.165) is 36.3 Å². The lowest BCUT2D eigenvalue weighted by molar-refractivity contribution is -0.143. The van der Waals surface area contributed by atoms with Crippen molar-refractivity contribution in [1.82, 2.24) is 10.2 Å². The summed E-state index contributed by atoms with van der Waals surface area (Å²) in [6.07, 6.45) is 4.28. The summed E-state index contributed by atoms with van der Waals surface area (Å²) in [4.78, 5) is 25.4. The minimum absolute atomic E-state index is 0.336. The number of amides is 2. The SMILES string of the molecule is CCCCC(CC)c1nnc(NC(=O)C2(C)Oc3ccc(C)cc3NC2=O)s1. The first-order valence-electron chi connectivity index (χ1n) is 9.63. The van der Waals surface area contributed by atoms with E-state index in [9.17, 15) is 9.59 Å². The second-order valence-corrected chi connectivity index (χ2v) is 8.25. The normalized spacial score (nSPS) is 19.4. The highest BCUT2D eigenvalue weighted by molar-refractivity contribution is 7.15. The van der Waals surface area contributed by atoms with E-state index in [0.29, 0.717) is 22.5 Å². The molecular formula is C20H26N4O3S. The van der Waals surface area contributed by atoms with Gasteiger partial charge in [0.1, 0.15) is 10.8 Å². The third-order valence-corrected chi connectivity index (χ3v) is 5.97. The second kappa shape index (κ2) is 8.26. The third-order valence-electron chi connectivity index (χ3n) is 4.97. The maximum Gasteiger partial charge on any atom is 0.280 e. The number of benzene rings is 1. The highest BCUT2D eigenvalue weighted by atomic mass is 32.1. The zero-order valence-corrected chi connectivity index (χ0v) is 17.5. The minimum Gasteiger partial charge on any atom is -0.466 e. The molecule has 0 saturated heterocycles. The van der Waals surface area contributed by atoms with E-state index in [1.807, 2.05) is 19.1 Å². The number of unbranched alkanes of at least 4 members (excludes halogenated alkanes) is 1. The number of hydrogen-bond donors (Lipinski definition) is 2. The van der Waals surface area contributed by atoms with Crippen molar-refractivity contribution in [2.24, 2.45) is 0 Å². The first-order valence-corrected chi connectivity index (χ1v) is 10.4. The van der Waals surface area contributed by atoms with Gasteiger partial charge < -0.3 is 10.1 Å². The van der Waals surface area contributed by atoms with E-state index in [1.165, 1.54) is 18.3 Å². The molecule has 0 bridgehead atoms. The zero-order valence-electron chi connectivity index (χ0n) is 16.7. The Balaban J connectivity index is 1.74. The molecular weight excluding hydrogens is 376 g/mol. The Kier molecular flexibility index (Phi) is 5.98. The van der Waals surface area contributed by atoms with Crippen molar-refractivity contribution in [3.05, 3.63) is 28.8 Å². The monoisotopic (exact) mass is 402 g/mol. The largest absolute Gasteiger partial charge is 0.466 e. The summed E-state index contributed by atoms with van der Waals surface area (Å²) in [5.41, 5.74) is -0.124. The Hall–Kier alpha value is -2.48. The van der Waals surface area contributed by atoms with Gasteiger partial charge in [0.2, 0.25) is 5.13 Å². The molecule has 3 rings (SSSR count). The van der Waals surface area contributed by atoms with Crippen LogP contribution >= 0.6 is 11.3 Å². The molecule has 2 unspecified atom stereocenters. The molecule has 0 radical (unpaired) electrons. The number of ether oxygens (including phenoxy) is 1. The van der Waals surface area contributed by atoms with E-state index < -0.39 is 17.4 Å². The average molecular weight is 403 g/mol. The number of anilines is 2. The van der Waals surface area contributed by atoms with Gasteiger partial charge in [-0.05, 0) is 44.4 Å². The Labute approximate surface area is 168 Å². The number of nitrogens with one attached hydrogen (secondary N) is 2. The predicted octanol–water partition coefficient (Wildman–Crippen LogP) is 4.26. The first-order chi connectivity index (χ1) is 13.4. The lowest BCUT2D eigenvalue weighted by Crippen LogP contribution is -2.56. The van der Waals surface area contributed by atoms with Crippen LogP contribution in [0.15, 0.2) is 18.2 Å². The van der Waals surface area contributed by atoms with Gasteiger partial charge in [0, 0.05) is 5.92 Å². The van der Waals surface area contributed by atoms with Gasteiger partial charge >= 0.3 is 0 Å². The zero-order chi connectivity index (χ0) is 20.3. The molecule has 28 heavy (non-hydrogen) atoms. The number of carbonyl (C=O) groups is 2. The lowest BCUT2D eigenvalue weighted by Gasteiger charge is -2.33. The Bertz CT molecular complexity index is 882. The summed E-state index contributed by atoms with van der Waals surface area (Å²) in [6, 6.07) is 5.42. The maximum atomic E-state index is 12.8. The van der Waals surface area contributed by atoms with E-state index >= 15 is 0 Å². The number of aryl methyl sites for hydroxylation is 1. The van der Waals surface area contributed by atoms with Crippen molar-refractivity contribution in [2.45, 2.75) is 64.9 Å². The van der Waals surface area contributed by atoms with Crippen molar-refractivity contribution < 1.29 is 14.3 Å². The molecule has 1 aromatic heterocycles. The molecule has 0 fully saturated rings. The van der Waals surface area contributed by atoms with Crippen molar-refractivity contribution in [3.63, 3.8) is 0 Å². The van der Waals surface area contributed by atoms with Crippen molar-refractivity contribution in [2.75, 3.05) is 10.6 Å². The van der Waals surface area contributed by atoms with Crippen LogP contribution in [-0.2, 0) is 9.59 Å². The summed E-state index contributed by atoms with van der Waals surface area (Å²) in [5, 5.41) is 15.1. The van der Waals surface area contributed by atoms with E-state index in [4.69, 9.17) is 4.74 Å². The maximum absolute atomic E-state index is 12.8. The molecule has 0 spiro atoms. The number of hydrogen-bond acceptors (Lipinski definition) is 6. The summed E-state index contributed by atoms with van der Waals surface area (Å²) in [7, 11) is 0. The van der Waals surface area contributed by atoms with Gasteiger partial charge in [-0.15, -0.1) is 10.2 Å². The number of nitrogens with zero attached hydrogens (tertiary/aromatic N) is 2. The van der Waals surface area contributed by atoms with E-state index in [2.05, 4.69) is 34.7 Å². The fourth-order valence-corrected chi connectivity index (χ4v) is 4.06. The van der Waals surface area contributed by atoms with Crippen LogP contribution < -0.4 is 15.4 Å². The van der Waals surface area contributed by atoms with Gasteiger partial charge in [-0.25, -0.2) is 0 Å². The predicted molar refractivity (Wildman–Crippen MR) is 110 cm³/mol. The molecule has 1 aromatic carbocycles. The fourth-order valence-electron chi connectivity index (χ4n) is 3.11. The molecule has 2 amide bonds. The molecule has 2 aromatic rings. The Morgan fingerprint density at radius 2 is 2.14 bits per heavy atom. The average Bonchev–Trinajstić information content (AvgIpc) is 3.12. The van der Waals surface area contributed by atoms with Crippen LogP contribution in [0.3, 0.4) is 0 Å². The van der Waals surface area contributed by atoms with E-state index in [-0.39, 0.29) is 0 Å². The summed E-state index contributed by atoms with van der Waals surface area (Å²) in [6.45, 7) is 7.66. The number of fused-ring (bicyclic) bond motifs is 1. The molecule has 2 N–H and O–H groups in total. The van der Waals surface area contributed by atoms with Crippen LogP contribution in [0.1, 0.15) is 62.9 Å². The first kappa shape index (κ1) is 20.3. The Morgan fingerprint density at radius 1 is 1.36 bits per heavy atom. The highest BCUT2D eigenvalue weighted by Gasteiger charge is 2.47. The minimum atomic E-state index is -1.68. The standard InChI is InChI=1S/C20H26N4O3S/c1-5-7-8-13(6-2)16-23-24-19(28-16)22-18(26)20(4)17(25)21-14-11-12(3)9-10-15(14)27-20/h9-11,13H,5-8H2,1-4H3,(H,21,25)(H,22,24,26). The van der Waals surface area contributed by atoms with Crippen LogP contribution in [0.25, 0.3) is 0 Å². The fraction of sp³-hybridized carbons (Fsp3) is 0.500. The topological polar surface area (TPSA) is 93.2 Å². The van der Waals surface area contributed by atoms with Gasteiger partial charge in [-0.2, -0.15) is 0 Å². The van der Waals surface area contributed by atoms with Crippen LogP contribution in [0, 0.1) is 6.92 Å². The molecule has 150 valence electrons. The van der Waals surface area contributed by atoms with Gasteiger partial charge in [0.25, 0.3) is 17.4 Å². The molecule has 7 nitrogen and oxygen atoms in total. The quantitative estimate of drug-likeness (QED) is 0.675. The second-order valence-electron chi connectivity index (χ2n) is 7.24. The molecule has 0 aliphatic carbocycles. The van der Waals surface area contributed by atoms with Gasteiger partial charge in [0.15, 0.2) is 0 Å².